The molecule has 0 aliphatic heterocycles. The Balaban J connectivity index is 1.87. The number of hydrogen-bond acceptors (Lipinski definition) is 2. The number of aromatic carboxylic acids is 1. The molecule has 3 aromatic rings. The third-order valence-electron chi connectivity index (χ3n) is 3.37. The van der Waals surface area contributed by atoms with Gasteiger partial charge in [-0.05, 0) is 36.8 Å². The van der Waals surface area contributed by atoms with Gasteiger partial charge in [0.2, 0.25) is 0 Å². The van der Waals surface area contributed by atoms with E-state index in [1.165, 1.54) is 0 Å². The van der Waals surface area contributed by atoms with Gasteiger partial charge in [0.25, 0.3) is 0 Å². The maximum absolute atomic E-state index is 11.3. The number of aryl methyl sites for hydroxylation is 1. The van der Waals surface area contributed by atoms with Crippen molar-refractivity contribution in [3.8, 4) is 5.69 Å². The van der Waals surface area contributed by atoms with Crippen LogP contribution in [0.3, 0.4) is 0 Å². The largest absolute Gasteiger partial charge is 0.477 e. The van der Waals surface area contributed by atoms with Gasteiger partial charge in [0.05, 0.1) is 17.9 Å². The van der Waals surface area contributed by atoms with Crippen molar-refractivity contribution in [3.63, 3.8) is 0 Å². The highest BCUT2D eigenvalue weighted by Gasteiger charge is 2.14. The van der Waals surface area contributed by atoms with Gasteiger partial charge in [-0.1, -0.05) is 18.2 Å². The van der Waals surface area contributed by atoms with Crippen molar-refractivity contribution in [2.24, 2.45) is 0 Å². The van der Waals surface area contributed by atoms with Gasteiger partial charge in [0.1, 0.15) is 5.69 Å². The second-order valence-electron chi connectivity index (χ2n) is 4.87. The Morgan fingerprint density at radius 1 is 1.14 bits per heavy atom. The Morgan fingerprint density at radius 3 is 2.62 bits per heavy atom. The lowest BCUT2D eigenvalue weighted by Crippen LogP contribution is -2.10. The fraction of sp³-hybridized carbons (Fsp3) is 0.125. The highest BCUT2D eigenvalue weighted by Crippen LogP contribution is 2.13. The Labute approximate surface area is 122 Å². The molecule has 2 heterocycles. The Morgan fingerprint density at radius 2 is 1.90 bits per heavy atom. The van der Waals surface area contributed by atoms with Crippen LogP contribution in [0.2, 0.25) is 0 Å². The van der Waals surface area contributed by atoms with E-state index in [4.69, 9.17) is 0 Å². The Kier molecular flexibility index (Phi) is 3.31. The third kappa shape index (κ3) is 2.58. The molecule has 5 heteroatoms. The topological polar surface area (TPSA) is 60.0 Å². The van der Waals surface area contributed by atoms with E-state index < -0.39 is 5.97 Å². The van der Waals surface area contributed by atoms with Crippen LogP contribution < -0.4 is 0 Å². The fourth-order valence-corrected chi connectivity index (χ4v) is 2.35. The molecule has 1 aromatic carbocycles. The molecule has 1 N–H and O–H groups in total. The van der Waals surface area contributed by atoms with E-state index in [1.807, 2.05) is 42.6 Å². The van der Waals surface area contributed by atoms with E-state index in [-0.39, 0.29) is 0 Å². The van der Waals surface area contributed by atoms with Crippen LogP contribution in [0.4, 0.5) is 0 Å². The van der Waals surface area contributed by atoms with Gasteiger partial charge in [-0.25, -0.2) is 9.48 Å². The molecule has 3 rings (SSSR count). The van der Waals surface area contributed by atoms with E-state index in [0.29, 0.717) is 12.2 Å². The zero-order valence-electron chi connectivity index (χ0n) is 11.6. The third-order valence-corrected chi connectivity index (χ3v) is 3.37. The summed E-state index contributed by atoms with van der Waals surface area (Å²) >= 11 is 0. The van der Waals surface area contributed by atoms with E-state index in [2.05, 4.69) is 5.10 Å². The smallest absolute Gasteiger partial charge is 0.352 e. The highest BCUT2D eigenvalue weighted by molar-refractivity contribution is 5.87. The van der Waals surface area contributed by atoms with Crippen LogP contribution in [0.25, 0.3) is 5.69 Å². The number of para-hydroxylation sites is 1. The molecule has 0 unspecified atom stereocenters. The number of carboxylic acid groups (broad SMARTS) is 1. The number of nitrogens with zero attached hydrogens (tertiary/aromatic N) is 3. The first-order chi connectivity index (χ1) is 10.1. The molecule has 21 heavy (non-hydrogen) atoms. The van der Waals surface area contributed by atoms with Crippen molar-refractivity contribution in [2.75, 3.05) is 0 Å². The van der Waals surface area contributed by atoms with Crippen molar-refractivity contribution in [2.45, 2.75) is 13.5 Å². The predicted molar refractivity (Wildman–Crippen MR) is 78.8 cm³/mol. The maximum atomic E-state index is 11.3. The first-order valence-corrected chi connectivity index (χ1v) is 6.64. The molecule has 0 spiro atoms. The van der Waals surface area contributed by atoms with E-state index in [9.17, 15) is 9.90 Å². The fourth-order valence-electron chi connectivity index (χ4n) is 2.35. The molecule has 0 aliphatic rings. The summed E-state index contributed by atoms with van der Waals surface area (Å²) in [6.45, 7) is 2.23. The van der Waals surface area contributed by atoms with Crippen molar-refractivity contribution in [1.29, 1.82) is 0 Å². The lowest BCUT2D eigenvalue weighted by atomic mass is 10.3. The van der Waals surface area contributed by atoms with E-state index >= 15 is 0 Å². The van der Waals surface area contributed by atoms with Crippen molar-refractivity contribution < 1.29 is 9.90 Å². The number of carbonyl (C=O) groups is 1. The van der Waals surface area contributed by atoms with Crippen LogP contribution in [-0.2, 0) is 6.54 Å². The SMILES string of the molecule is Cc1ccn(Cc2ccn(-c3ccccc3)n2)c1C(=O)O. The number of rotatable bonds is 4. The molecule has 5 nitrogen and oxygen atoms in total. The van der Waals surface area contributed by atoms with E-state index in [1.54, 1.807) is 28.4 Å². The summed E-state index contributed by atoms with van der Waals surface area (Å²) in [6, 6.07) is 13.5. The second kappa shape index (κ2) is 5.28. The first kappa shape index (κ1) is 13.2. The van der Waals surface area contributed by atoms with Crippen molar-refractivity contribution >= 4 is 5.97 Å². The average Bonchev–Trinajstić information content (AvgIpc) is 3.07. The predicted octanol–water partition coefficient (Wildman–Crippen LogP) is 2.73. The first-order valence-electron chi connectivity index (χ1n) is 6.64. The highest BCUT2D eigenvalue weighted by atomic mass is 16.4. The monoisotopic (exact) mass is 281 g/mol. The van der Waals surface area contributed by atoms with E-state index in [0.717, 1.165) is 16.9 Å². The van der Waals surface area contributed by atoms with Crippen LogP contribution in [0, 0.1) is 6.92 Å². The molecule has 0 amide bonds. The van der Waals surface area contributed by atoms with Gasteiger partial charge in [-0.2, -0.15) is 5.10 Å². The lowest BCUT2D eigenvalue weighted by molar-refractivity contribution is 0.0685. The number of aromatic nitrogens is 3. The zero-order valence-corrected chi connectivity index (χ0v) is 11.6. The quantitative estimate of drug-likeness (QED) is 0.800. The molecular weight excluding hydrogens is 266 g/mol. The number of benzene rings is 1. The van der Waals surface area contributed by atoms with Gasteiger partial charge in [-0.15, -0.1) is 0 Å². The zero-order chi connectivity index (χ0) is 14.8. The molecule has 0 atom stereocenters. The van der Waals surface area contributed by atoms with Gasteiger partial charge < -0.3 is 9.67 Å². The minimum atomic E-state index is -0.917. The van der Waals surface area contributed by atoms with Gasteiger partial charge in [0.15, 0.2) is 0 Å². The lowest BCUT2D eigenvalue weighted by Gasteiger charge is -2.05. The van der Waals surface area contributed by atoms with Crippen LogP contribution in [0.15, 0.2) is 54.9 Å². The van der Waals surface area contributed by atoms with Crippen molar-refractivity contribution in [1.82, 2.24) is 14.3 Å². The molecule has 106 valence electrons. The Hall–Kier alpha value is -2.82. The standard InChI is InChI=1S/C16H15N3O2/c1-12-7-9-18(15(12)16(20)21)11-13-8-10-19(17-13)14-5-3-2-4-6-14/h2-10H,11H2,1H3,(H,20,21). The summed E-state index contributed by atoms with van der Waals surface area (Å²) < 4.78 is 3.49. The normalized spacial score (nSPS) is 10.7. The molecule has 0 aliphatic carbocycles. The molecular formula is C16H15N3O2. The number of carboxylic acids is 1. The van der Waals surface area contributed by atoms with Crippen LogP contribution in [0.5, 0.6) is 0 Å². The molecule has 2 aromatic heterocycles. The Bertz CT molecular complexity index is 772. The summed E-state index contributed by atoms with van der Waals surface area (Å²) in [5.74, 6) is -0.917. The number of hydrogen-bond donors (Lipinski definition) is 1. The van der Waals surface area contributed by atoms with Crippen molar-refractivity contribution in [3.05, 3.63) is 71.8 Å². The molecule has 0 fully saturated rings. The van der Waals surface area contributed by atoms with Crippen LogP contribution in [0.1, 0.15) is 21.7 Å². The van der Waals surface area contributed by atoms with Gasteiger partial charge in [0, 0.05) is 12.4 Å². The summed E-state index contributed by atoms with van der Waals surface area (Å²) in [4.78, 5) is 11.3. The minimum Gasteiger partial charge on any atom is -0.477 e. The van der Waals surface area contributed by atoms with Gasteiger partial charge >= 0.3 is 5.97 Å². The summed E-state index contributed by atoms with van der Waals surface area (Å²) in [6.07, 6.45) is 3.65. The second-order valence-corrected chi connectivity index (χ2v) is 4.87. The van der Waals surface area contributed by atoms with Crippen LogP contribution in [-0.4, -0.2) is 25.4 Å². The minimum absolute atomic E-state index is 0.310. The molecule has 0 saturated heterocycles. The average molecular weight is 281 g/mol. The molecule has 0 bridgehead atoms. The molecule has 0 saturated carbocycles. The van der Waals surface area contributed by atoms with Crippen LogP contribution >= 0.6 is 0 Å². The molecule has 0 radical (unpaired) electrons. The summed E-state index contributed by atoms with van der Waals surface area (Å²) in [5.41, 5.74) is 2.86. The maximum Gasteiger partial charge on any atom is 0.352 e. The van der Waals surface area contributed by atoms with Gasteiger partial charge in [-0.3, -0.25) is 0 Å². The summed E-state index contributed by atoms with van der Waals surface area (Å²) in [7, 11) is 0. The summed E-state index contributed by atoms with van der Waals surface area (Å²) in [5, 5.41) is 13.7.